The molecule has 3 nitrogen and oxygen atoms in total. The summed E-state index contributed by atoms with van der Waals surface area (Å²) in [5, 5.41) is 9.58. The molecule has 1 aromatic rings. The van der Waals surface area contributed by atoms with Crippen molar-refractivity contribution in [3.8, 4) is 0 Å². The van der Waals surface area contributed by atoms with E-state index in [1.165, 1.54) is 12.2 Å². The Bertz CT molecular complexity index is 595. The average molecular weight is 305 g/mol. The molecule has 1 N–H and O–H groups in total. The number of halogens is 1. The van der Waals surface area contributed by atoms with Crippen molar-refractivity contribution in [1.82, 2.24) is 0 Å². The van der Waals surface area contributed by atoms with Crippen LogP contribution in [0.25, 0.3) is 6.08 Å². The van der Waals surface area contributed by atoms with E-state index < -0.39 is 11.6 Å². The molecule has 1 aromatic carbocycles. The van der Waals surface area contributed by atoms with E-state index in [0.29, 0.717) is 0 Å². The van der Waals surface area contributed by atoms with Crippen LogP contribution >= 0.6 is 15.9 Å². The quantitative estimate of drug-likeness (QED) is 0.690. The average Bonchev–Trinajstić information content (AvgIpc) is 2.62. The van der Waals surface area contributed by atoms with Gasteiger partial charge in [-0.15, -0.1) is 0 Å². The topological polar surface area (TPSA) is 54.4 Å². The lowest BCUT2D eigenvalue weighted by atomic mass is 10.1. The molecule has 1 aliphatic rings. The molecule has 0 radical (unpaired) electrons. The maximum Gasteiger partial charge on any atom is 0.194 e. The molecule has 90 valence electrons. The lowest BCUT2D eigenvalue weighted by molar-refractivity contribution is -0.116. The Kier molecular flexibility index (Phi) is 3.58. The van der Waals surface area contributed by atoms with Crippen molar-refractivity contribution in [2.75, 3.05) is 0 Å². The maximum atomic E-state index is 11.8. The highest BCUT2D eigenvalue weighted by Crippen LogP contribution is 2.26. The third kappa shape index (κ3) is 2.49. The number of carbonyl (C=O) groups excluding carboxylic acids is 2. The van der Waals surface area contributed by atoms with Gasteiger partial charge in [0.15, 0.2) is 11.6 Å². The molecular formula is C14H9BrO3. The van der Waals surface area contributed by atoms with E-state index in [9.17, 15) is 14.7 Å². The Labute approximate surface area is 112 Å². The van der Waals surface area contributed by atoms with Gasteiger partial charge < -0.3 is 5.11 Å². The summed E-state index contributed by atoms with van der Waals surface area (Å²) in [7, 11) is 0. The van der Waals surface area contributed by atoms with Gasteiger partial charge in [-0.2, -0.15) is 0 Å². The fourth-order valence-electron chi connectivity index (χ4n) is 1.55. The number of hydrogen-bond donors (Lipinski definition) is 1. The number of aliphatic hydroxyl groups is 1. The van der Waals surface area contributed by atoms with Crippen LogP contribution in [0.2, 0.25) is 0 Å². The van der Waals surface area contributed by atoms with Gasteiger partial charge in [-0.1, -0.05) is 36.4 Å². The van der Waals surface area contributed by atoms with Crippen molar-refractivity contribution < 1.29 is 14.7 Å². The number of ketones is 2. The predicted octanol–water partition coefficient (Wildman–Crippen LogP) is 2.94. The van der Waals surface area contributed by atoms with Crippen LogP contribution in [0.4, 0.5) is 0 Å². The van der Waals surface area contributed by atoms with E-state index in [2.05, 4.69) is 15.9 Å². The molecule has 2 rings (SSSR count). The van der Waals surface area contributed by atoms with Gasteiger partial charge in [-0.05, 0) is 27.6 Å². The summed E-state index contributed by atoms with van der Waals surface area (Å²) < 4.78 is 0.240. The van der Waals surface area contributed by atoms with Gasteiger partial charge >= 0.3 is 0 Å². The first-order valence-corrected chi connectivity index (χ1v) is 6.01. The van der Waals surface area contributed by atoms with Gasteiger partial charge in [0.1, 0.15) is 11.3 Å². The largest absolute Gasteiger partial charge is 0.506 e. The molecular weight excluding hydrogens is 296 g/mol. The normalized spacial score (nSPS) is 15.4. The number of hydrogen-bond acceptors (Lipinski definition) is 3. The molecule has 0 aromatic heterocycles. The number of carbonyl (C=O) groups is 2. The minimum absolute atomic E-state index is 0.200. The van der Waals surface area contributed by atoms with Crippen LogP contribution < -0.4 is 0 Å². The zero-order chi connectivity index (χ0) is 13.1. The summed E-state index contributed by atoms with van der Waals surface area (Å²) in [4.78, 5) is 23.3. The van der Waals surface area contributed by atoms with Crippen molar-refractivity contribution in [3.63, 3.8) is 0 Å². The summed E-state index contributed by atoms with van der Waals surface area (Å²) in [5.74, 6) is -1.29. The van der Waals surface area contributed by atoms with Gasteiger partial charge in [-0.25, -0.2) is 0 Å². The van der Waals surface area contributed by atoms with E-state index >= 15 is 0 Å². The second kappa shape index (κ2) is 5.14. The number of rotatable bonds is 3. The standard InChI is InChI=1S/C14H9BrO3/c15-10-8-12(17)13(14(10)18)11(16)7-6-9-4-2-1-3-5-9/h1-8,18H/b7-6+. The Hall–Kier alpha value is -1.94. The van der Waals surface area contributed by atoms with Crippen LogP contribution in [0.15, 0.2) is 58.3 Å². The molecule has 0 unspecified atom stereocenters. The summed E-state index contributed by atoms with van der Waals surface area (Å²) in [6.45, 7) is 0. The summed E-state index contributed by atoms with van der Waals surface area (Å²) in [6.07, 6.45) is 4.05. The summed E-state index contributed by atoms with van der Waals surface area (Å²) in [5.41, 5.74) is 0.650. The molecule has 0 saturated carbocycles. The first-order valence-electron chi connectivity index (χ1n) is 5.22. The Morgan fingerprint density at radius 2 is 1.89 bits per heavy atom. The molecule has 0 bridgehead atoms. The summed E-state index contributed by atoms with van der Waals surface area (Å²) in [6, 6.07) is 9.24. The SMILES string of the molecule is O=C1C=C(Br)C(O)=C1C(=O)/C=C/c1ccccc1. The fraction of sp³-hybridized carbons (Fsp3) is 0. The molecule has 0 fully saturated rings. The fourth-order valence-corrected chi connectivity index (χ4v) is 1.96. The van der Waals surface area contributed by atoms with E-state index in [-0.39, 0.29) is 15.8 Å². The molecule has 0 saturated heterocycles. The second-order valence-corrected chi connectivity index (χ2v) is 4.54. The molecule has 18 heavy (non-hydrogen) atoms. The molecule has 0 heterocycles. The summed E-state index contributed by atoms with van der Waals surface area (Å²) >= 11 is 3.00. The predicted molar refractivity (Wildman–Crippen MR) is 72.2 cm³/mol. The number of benzene rings is 1. The minimum Gasteiger partial charge on any atom is -0.506 e. The minimum atomic E-state index is -0.507. The zero-order valence-electron chi connectivity index (χ0n) is 9.26. The van der Waals surface area contributed by atoms with Gasteiger partial charge in [0.05, 0.1) is 4.48 Å². The highest BCUT2D eigenvalue weighted by Gasteiger charge is 2.27. The van der Waals surface area contributed by atoms with Gasteiger partial charge in [0.2, 0.25) is 0 Å². The Morgan fingerprint density at radius 1 is 1.22 bits per heavy atom. The highest BCUT2D eigenvalue weighted by molar-refractivity contribution is 9.12. The highest BCUT2D eigenvalue weighted by atomic mass is 79.9. The van der Waals surface area contributed by atoms with Crippen molar-refractivity contribution >= 4 is 33.6 Å². The molecule has 0 amide bonds. The monoisotopic (exact) mass is 304 g/mol. The van der Waals surface area contributed by atoms with Crippen LogP contribution in [0.1, 0.15) is 5.56 Å². The van der Waals surface area contributed by atoms with Gasteiger partial charge in [0.25, 0.3) is 0 Å². The van der Waals surface area contributed by atoms with Crippen LogP contribution in [-0.2, 0) is 9.59 Å². The lowest BCUT2D eigenvalue weighted by Crippen LogP contribution is -2.07. The smallest absolute Gasteiger partial charge is 0.194 e. The van der Waals surface area contributed by atoms with E-state index in [1.807, 2.05) is 30.3 Å². The van der Waals surface area contributed by atoms with Gasteiger partial charge in [-0.3, -0.25) is 9.59 Å². The molecule has 0 aliphatic heterocycles. The van der Waals surface area contributed by atoms with Gasteiger partial charge in [0, 0.05) is 6.08 Å². The second-order valence-electron chi connectivity index (χ2n) is 3.69. The first kappa shape index (κ1) is 12.5. The number of allylic oxidation sites excluding steroid dienone is 4. The molecule has 0 spiro atoms. The van der Waals surface area contributed by atoms with E-state index in [4.69, 9.17) is 0 Å². The van der Waals surface area contributed by atoms with E-state index in [0.717, 1.165) is 5.56 Å². The van der Waals surface area contributed by atoms with E-state index in [1.54, 1.807) is 6.08 Å². The van der Waals surface area contributed by atoms with Crippen LogP contribution in [0, 0.1) is 0 Å². The molecule has 0 atom stereocenters. The van der Waals surface area contributed by atoms with Crippen LogP contribution in [0.3, 0.4) is 0 Å². The van der Waals surface area contributed by atoms with Crippen LogP contribution in [0.5, 0.6) is 0 Å². The van der Waals surface area contributed by atoms with Crippen molar-refractivity contribution in [3.05, 3.63) is 63.9 Å². The molecule has 1 aliphatic carbocycles. The van der Waals surface area contributed by atoms with Crippen molar-refractivity contribution in [1.29, 1.82) is 0 Å². The zero-order valence-corrected chi connectivity index (χ0v) is 10.8. The van der Waals surface area contributed by atoms with Crippen molar-refractivity contribution in [2.24, 2.45) is 0 Å². The maximum absolute atomic E-state index is 11.8. The Balaban J connectivity index is 2.20. The lowest BCUT2D eigenvalue weighted by Gasteiger charge is -1.97. The van der Waals surface area contributed by atoms with Crippen LogP contribution in [-0.4, -0.2) is 16.7 Å². The Morgan fingerprint density at radius 3 is 2.44 bits per heavy atom. The number of aliphatic hydroxyl groups excluding tert-OH is 1. The third-order valence-electron chi connectivity index (χ3n) is 2.44. The molecule has 4 heteroatoms. The third-order valence-corrected chi connectivity index (χ3v) is 3.04. The first-order chi connectivity index (χ1) is 8.59. The van der Waals surface area contributed by atoms with Crippen molar-refractivity contribution in [2.45, 2.75) is 0 Å².